The number of carboxylic acids is 1. The predicted octanol–water partition coefficient (Wildman–Crippen LogP) is 5.21. The molecule has 4 N–H and O–H groups in total. The number of ketones is 1. The average molecular weight is 598 g/mol. The average Bonchev–Trinajstić information content (AvgIpc) is 2.87. The van der Waals surface area contributed by atoms with Gasteiger partial charge in [0.25, 0.3) is 5.91 Å². The Morgan fingerprint density at radius 3 is 1.77 bits per heavy atom. The van der Waals surface area contributed by atoms with Crippen molar-refractivity contribution in [3.05, 3.63) is 65.2 Å². The van der Waals surface area contributed by atoms with E-state index in [1.54, 1.807) is 41.5 Å². The second-order valence-electron chi connectivity index (χ2n) is 13.1. The van der Waals surface area contributed by atoms with Crippen molar-refractivity contribution in [1.29, 1.82) is 5.41 Å². The van der Waals surface area contributed by atoms with Crippen LogP contribution in [0.4, 0.5) is 4.79 Å². The Hall–Kier alpha value is -4.25. The van der Waals surface area contributed by atoms with Gasteiger partial charge < -0.3 is 24.6 Å². The van der Waals surface area contributed by atoms with Crippen molar-refractivity contribution in [1.82, 2.24) is 10.6 Å². The monoisotopic (exact) mass is 597 g/mol. The van der Waals surface area contributed by atoms with Crippen LogP contribution in [0.2, 0.25) is 0 Å². The standard InChI is InChI=1S/C32H43N3O8/c1-30(2,3)25(28(38)39)42-22-16-14-19(15-17-22)24(36)23(18-41-31(4,5)6)34-27(37)21-12-10-20(11-13-21)26(33)35-29(40)43-32(7,8)9/h10-17,23,25H,18H2,1-9H3,(H,34,37)(H,38,39)(H2,33,35,40). The number of carbonyl (C=O) groups is 4. The first kappa shape index (κ1) is 34.9. The zero-order chi connectivity index (χ0) is 32.8. The van der Waals surface area contributed by atoms with Crippen molar-refractivity contribution in [2.45, 2.75) is 85.7 Å². The third-order valence-electron chi connectivity index (χ3n) is 5.77. The molecule has 0 aliphatic heterocycles. The smallest absolute Gasteiger partial charge is 0.413 e. The van der Waals surface area contributed by atoms with Crippen LogP contribution in [0.5, 0.6) is 5.75 Å². The van der Waals surface area contributed by atoms with Crippen LogP contribution < -0.4 is 15.4 Å². The third kappa shape index (κ3) is 11.5. The fourth-order valence-electron chi connectivity index (χ4n) is 3.66. The van der Waals surface area contributed by atoms with Crippen LogP contribution in [-0.2, 0) is 14.3 Å². The highest BCUT2D eigenvalue weighted by atomic mass is 16.6. The zero-order valence-electron chi connectivity index (χ0n) is 26.3. The number of ether oxygens (including phenoxy) is 3. The topological polar surface area (TPSA) is 164 Å². The fourth-order valence-corrected chi connectivity index (χ4v) is 3.66. The SMILES string of the molecule is CC(C)(C)OCC(NC(=O)c1ccc(C(=N)NC(=O)OC(C)(C)C)cc1)C(=O)c1ccc(OC(C(=O)O)C(C)(C)C)cc1. The maximum Gasteiger partial charge on any atom is 0.413 e. The summed E-state index contributed by atoms with van der Waals surface area (Å²) in [6.45, 7) is 15.8. The van der Waals surface area contributed by atoms with Crippen molar-refractivity contribution >= 4 is 29.6 Å². The summed E-state index contributed by atoms with van der Waals surface area (Å²) in [5.41, 5.74) is -1.11. The molecular weight excluding hydrogens is 554 g/mol. The molecule has 2 unspecified atom stereocenters. The number of carboxylic acid groups (broad SMARTS) is 1. The molecule has 2 aromatic carbocycles. The Kier molecular flexibility index (Phi) is 11.2. The lowest BCUT2D eigenvalue weighted by Crippen LogP contribution is -2.45. The van der Waals surface area contributed by atoms with E-state index in [0.717, 1.165) is 0 Å². The van der Waals surface area contributed by atoms with Gasteiger partial charge in [0.05, 0.1) is 12.2 Å². The van der Waals surface area contributed by atoms with Crippen molar-refractivity contribution in [3.8, 4) is 5.75 Å². The third-order valence-corrected chi connectivity index (χ3v) is 5.77. The molecule has 2 aromatic rings. The highest BCUT2D eigenvalue weighted by Gasteiger charge is 2.33. The summed E-state index contributed by atoms with van der Waals surface area (Å²) in [5.74, 6) is -1.95. The lowest BCUT2D eigenvalue weighted by Gasteiger charge is -2.27. The fraction of sp³-hybridized carbons (Fsp3) is 0.469. The van der Waals surface area contributed by atoms with E-state index < -0.39 is 52.5 Å². The van der Waals surface area contributed by atoms with Gasteiger partial charge in [0.2, 0.25) is 0 Å². The van der Waals surface area contributed by atoms with Crippen molar-refractivity contribution < 1.29 is 38.5 Å². The minimum Gasteiger partial charge on any atom is -0.478 e. The summed E-state index contributed by atoms with van der Waals surface area (Å²) in [7, 11) is 0. The molecule has 0 aromatic heterocycles. The Bertz CT molecular complexity index is 1310. The minimum absolute atomic E-state index is 0.0972. The maximum atomic E-state index is 13.5. The van der Waals surface area contributed by atoms with Crippen molar-refractivity contribution in [2.24, 2.45) is 5.41 Å². The van der Waals surface area contributed by atoms with Crippen LogP contribution in [0.1, 0.15) is 88.6 Å². The van der Waals surface area contributed by atoms with Crippen LogP contribution in [0.15, 0.2) is 48.5 Å². The van der Waals surface area contributed by atoms with E-state index in [-0.39, 0.29) is 29.3 Å². The van der Waals surface area contributed by atoms with Gasteiger partial charge in [0, 0.05) is 22.1 Å². The first-order valence-corrected chi connectivity index (χ1v) is 13.8. The number of carbonyl (C=O) groups excluding carboxylic acids is 3. The molecule has 2 amide bonds. The number of Topliss-reactive ketones (excluding diaryl/α,β-unsaturated/α-hetero) is 1. The normalized spacial score (nSPS) is 13.3. The van der Waals surface area contributed by atoms with E-state index in [2.05, 4.69) is 10.6 Å². The number of amidine groups is 1. The Balaban J connectivity index is 2.18. The molecule has 0 radical (unpaired) electrons. The molecule has 43 heavy (non-hydrogen) atoms. The van der Waals surface area contributed by atoms with Gasteiger partial charge in [-0.05, 0) is 77.9 Å². The number of aliphatic carboxylic acids is 1. The van der Waals surface area contributed by atoms with Gasteiger partial charge in [0.15, 0.2) is 11.9 Å². The Morgan fingerprint density at radius 2 is 1.30 bits per heavy atom. The molecule has 0 heterocycles. The van der Waals surface area contributed by atoms with Gasteiger partial charge in [-0.2, -0.15) is 0 Å². The van der Waals surface area contributed by atoms with Crippen molar-refractivity contribution in [3.63, 3.8) is 0 Å². The number of hydrogen-bond acceptors (Lipinski definition) is 8. The van der Waals surface area contributed by atoms with Gasteiger partial charge in [-0.25, -0.2) is 9.59 Å². The maximum absolute atomic E-state index is 13.5. The molecule has 0 aliphatic rings. The molecule has 0 saturated heterocycles. The number of alkyl carbamates (subject to hydrolysis) is 1. The molecule has 11 nitrogen and oxygen atoms in total. The molecule has 0 saturated carbocycles. The molecule has 2 rings (SSSR count). The summed E-state index contributed by atoms with van der Waals surface area (Å²) in [6.07, 6.45) is -1.86. The number of hydrogen-bond donors (Lipinski definition) is 4. The summed E-state index contributed by atoms with van der Waals surface area (Å²) in [6, 6.07) is 10.9. The molecule has 234 valence electrons. The first-order chi connectivity index (χ1) is 19.7. The second-order valence-corrected chi connectivity index (χ2v) is 13.1. The summed E-state index contributed by atoms with van der Waals surface area (Å²) < 4.78 is 16.7. The second kappa shape index (κ2) is 13.8. The molecule has 11 heteroatoms. The summed E-state index contributed by atoms with van der Waals surface area (Å²) in [5, 5.41) is 22.7. The van der Waals surface area contributed by atoms with Gasteiger partial charge in [-0.3, -0.25) is 20.3 Å². The lowest BCUT2D eigenvalue weighted by atomic mass is 9.89. The van der Waals surface area contributed by atoms with Gasteiger partial charge >= 0.3 is 12.1 Å². The van der Waals surface area contributed by atoms with Crippen molar-refractivity contribution in [2.75, 3.05) is 6.61 Å². The largest absolute Gasteiger partial charge is 0.478 e. The number of benzene rings is 2. The minimum atomic E-state index is -1.10. The van der Waals surface area contributed by atoms with E-state index in [9.17, 15) is 24.3 Å². The molecule has 2 atom stereocenters. The molecule has 0 spiro atoms. The number of amides is 2. The van der Waals surface area contributed by atoms with Crippen LogP contribution in [0.3, 0.4) is 0 Å². The van der Waals surface area contributed by atoms with Gasteiger partial charge in [-0.1, -0.05) is 32.9 Å². The summed E-state index contributed by atoms with van der Waals surface area (Å²) in [4.78, 5) is 50.2. The Labute approximate surface area is 252 Å². The highest BCUT2D eigenvalue weighted by Crippen LogP contribution is 2.26. The first-order valence-electron chi connectivity index (χ1n) is 13.8. The van der Waals surface area contributed by atoms with E-state index in [1.165, 1.54) is 48.5 Å². The number of nitrogens with one attached hydrogen (secondary N) is 3. The lowest BCUT2D eigenvalue weighted by molar-refractivity contribution is -0.150. The van der Waals surface area contributed by atoms with Gasteiger partial charge in [-0.15, -0.1) is 0 Å². The van der Waals surface area contributed by atoms with Crippen LogP contribution >= 0.6 is 0 Å². The molecule has 0 bridgehead atoms. The summed E-state index contributed by atoms with van der Waals surface area (Å²) >= 11 is 0. The van der Waals surface area contributed by atoms with Crippen LogP contribution in [-0.4, -0.2) is 64.6 Å². The predicted molar refractivity (Wildman–Crippen MR) is 162 cm³/mol. The molecular formula is C32H43N3O8. The van der Waals surface area contributed by atoms with E-state index in [4.69, 9.17) is 19.6 Å². The van der Waals surface area contributed by atoms with E-state index in [1.807, 2.05) is 20.8 Å². The molecule has 0 aliphatic carbocycles. The van der Waals surface area contributed by atoms with Gasteiger partial charge in [0.1, 0.15) is 23.2 Å². The Morgan fingerprint density at radius 1 is 0.791 bits per heavy atom. The quantitative estimate of drug-likeness (QED) is 0.165. The number of rotatable bonds is 10. The van der Waals surface area contributed by atoms with Crippen LogP contribution in [0, 0.1) is 10.8 Å². The van der Waals surface area contributed by atoms with E-state index >= 15 is 0 Å². The zero-order valence-corrected chi connectivity index (χ0v) is 26.3. The van der Waals surface area contributed by atoms with E-state index in [0.29, 0.717) is 5.56 Å². The highest BCUT2D eigenvalue weighted by molar-refractivity contribution is 6.06. The molecule has 0 fully saturated rings. The van der Waals surface area contributed by atoms with Crippen LogP contribution in [0.25, 0.3) is 0 Å².